The summed E-state index contributed by atoms with van der Waals surface area (Å²) in [5.41, 5.74) is 5.57. The van der Waals surface area contributed by atoms with Gasteiger partial charge in [-0.1, -0.05) is 35.7 Å². The van der Waals surface area contributed by atoms with Gasteiger partial charge in [-0.3, -0.25) is 9.98 Å². The highest BCUT2D eigenvalue weighted by Crippen LogP contribution is 2.25. The summed E-state index contributed by atoms with van der Waals surface area (Å²) in [4.78, 5) is 9.08. The van der Waals surface area contributed by atoms with Crippen molar-refractivity contribution in [3.05, 3.63) is 34.4 Å². The van der Waals surface area contributed by atoms with Crippen LogP contribution in [0.2, 0.25) is 0 Å². The molecule has 1 aromatic carbocycles. The van der Waals surface area contributed by atoms with Crippen LogP contribution in [0.4, 0.5) is 0 Å². The molecule has 0 amide bonds. The van der Waals surface area contributed by atoms with Crippen molar-refractivity contribution in [1.82, 2.24) is 10.6 Å². The first-order chi connectivity index (χ1) is 11.7. The van der Waals surface area contributed by atoms with Crippen molar-refractivity contribution in [3.8, 4) is 0 Å². The molecule has 3 rings (SSSR count). The van der Waals surface area contributed by atoms with Gasteiger partial charge >= 0.3 is 0 Å². The normalized spacial score (nSPS) is 17.6. The van der Waals surface area contributed by atoms with E-state index in [4.69, 9.17) is 0 Å². The molecule has 2 heterocycles. The Kier molecular flexibility index (Phi) is 6.49. The highest BCUT2D eigenvalue weighted by atomic mass is 32.2. The number of thioether (sulfide) groups is 2. The number of benzene rings is 1. The minimum absolute atomic E-state index is 0.960. The van der Waals surface area contributed by atoms with Crippen molar-refractivity contribution in [2.24, 2.45) is 9.98 Å². The number of aryl methyl sites for hydroxylation is 2. The largest absolute Gasteiger partial charge is 0.365 e. The summed E-state index contributed by atoms with van der Waals surface area (Å²) in [5.74, 6) is 1.97. The van der Waals surface area contributed by atoms with Crippen LogP contribution in [0.1, 0.15) is 35.1 Å². The van der Waals surface area contributed by atoms with E-state index in [1.54, 1.807) is 0 Å². The Labute approximate surface area is 153 Å². The quantitative estimate of drug-likeness (QED) is 0.861. The van der Waals surface area contributed by atoms with E-state index < -0.39 is 0 Å². The molecule has 0 spiro atoms. The zero-order chi connectivity index (χ0) is 16.8. The van der Waals surface area contributed by atoms with Gasteiger partial charge in [-0.2, -0.15) is 0 Å². The molecule has 0 saturated carbocycles. The Balaban J connectivity index is 1.60. The maximum absolute atomic E-state index is 4.54. The molecule has 4 nitrogen and oxygen atoms in total. The van der Waals surface area contributed by atoms with Crippen molar-refractivity contribution >= 4 is 33.9 Å². The van der Waals surface area contributed by atoms with Crippen LogP contribution in [0.15, 0.2) is 22.1 Å². The Morgan fingerprint density at radius 3 is 1.67 bits per heavy atom. The van der Waals surface area contributed by atoms with E-state index in [1.807, 2.05) is 23.5 Å². The Bertz CT molecular complexity index is 584. The number of hydrogen-bond donors (Lipinski definition) is 2. The van der Waals surface area contributed by atoms with Crippen LogP contribution in [-0.2, 0) is 11.5 Å². The van der Waals surface area contributed by atoms with Gasteiger partial charge in [0, 0.05) is 37.7 Å². The molecule has 2 N–H and O–H groups in total. The highest BCUT2D eigenvalue weighted by molar-refractivity contribution is 8.13. The highest BCUT2D eigenvalue weighted by Gasteiger charge is 2.10. The molecule has 0 atom stereocenters. The summed E-state index contributed by atoms with van der Waals surface area (Å²) in [6.45, 7) is 8.46. The molecule has 6 heteroatoms. The molecular weight excluding hydrogens is 336 g/mol. The second kappa shape index (κ2) is 8.81. The van der Waals surface area contributed by atoms with Gasteiger partial charge in [0.05, 0.1) is 0 Å². The van der Waals surface area contributed by atoms with Crippen LogP contribution in [0.25, 0.3) is 0 Å². The molecule has 0 aromatic heterocycles. The van der Waals surface area contributed by atoms with Gasteiger partial charge in [0.2, 0.25) is 0 Å². The first-order valence-electron chi connectivity index (χ1n) is 8.63. The number of rotatable bonds is 4. The maximum atomic E-state index is 4.54. The smallest absolute Gasteiger partial charge is 0.156 e. The van der Waals surface area contributed by atoms with Crippen LogP contribution < -0.4 is 10.6 Å². The number of nitrogens with zero attached hydrogens (tertiary/aromatic N) is 2. The molecular formula is C18H26N4S2. The minimum Gasteiger partial charge on any atom is -0.365 e. The minimum atomic E-state index is 0.960. The molecule has 24 heavy (non-hydrogen) atoms. The lowest BCUT2D eigenvalue weighted by molar-refractivity contribution is 0.751. The van der Waals surface area contributed by atoms with Crippen molar-refractivity contribution in [2.45, 2.75) is 38.2 Å². The lowest BCUT2D eigenvalue weighted by atomic mass is 10.0. The second-order valence-corrected chi connectivity index (χ2v) is 8.15. The number of nitrogens with one attached hydrogen (secondary N) is 2. The number of aliphatic imine (C=N–C) groups is 2. The van der Waals surface area contributed by atoms with Crippen molar-refractivity contribution in [3.63, 3.8) is 0 Å². The molecule has 0 saturated heterocycles. The monoisotopic (exact) mass is 362 g/mol. The lowest BCUT2D eigenvalue weighted by Crippen LogP contribution is -2.27. The van der Waals surface area contributed by atoms with Crippen LogP contribution in [0, 0.1) is 13.8 Å². The van der Waals surface area contributed by atoms with Crippen molar-refractivity contribution in [1.29, 1.82) is 0 Å². The predicted octanol–water partition coefficient (Wildman–Crippen LogP) is 3.47. The Morgan fingerprint density at radius 2 is 1.29 bits per heavy atom. The molecule has 2 aliphatic heterocycles. The third-order valence-corrected chi connectivity index (χ3v) is 6.26. The predicted molar refractivity (Wildman–Crippen MR) is 108 cm³/mol. The molecule has 2 aliphatic rings. The summed E-state index contributed by atoms with van der Waals surface area (Å²) in [5, 5.41) is 8.96. The van der Waals surface area contributed by atoms with Crippen molar-refractivity contribution in [2.75, 3.05) is 26.2 Å². The Morgan fingerprint density at radius 1 is 0.833 bits per heavy atom. The molecule has 0 fully saturated rings. The van der Waals surface area contributed by atoms with Crippen LogP contribution in [-0.4, -0.2) is 36.5 Å². The topological polar surface area (TPSA) is 48.8 Å². The van der Waals surface area contributed by atoms with Crippen LogP contribution in [0.3, 0.4) is 0 Å². The van der Waals surface area contributed by atoms with Crippen LogP contribution in [0.5, 0.6) is 0 Å². The van der Waals surface area contributed by atoms with Crippen molar-refractivity contribution < 1.29 is 0 Å². The van der Waals surface area contributed by atoms with Crippen LogP contribution >= 0.6 is 23.5 Å². The molecule has 1 aromatic rings. The molecule has 0 unspecified atom stereocenters. The summed E-state index contributed by atoms with van der Waals surface area (Å²) < 4.78 is 0. The van der Waals surface area contributed by atoms with E-state index in [0.717, 1.165) is 60.9 Å². The van der Waals surface area contributed by atoms with E-state index in [1.165, 1.54) is 22.3 Å². The van der Waals surface area contributed by atoms with Gasteiger partial charge in [0.25, 0.3) is 0 Å². The van der Waals surface area contributed by atoms with E-state index in [2.05, 4.69) is 46.6 Å². The average Bonchev–Trinajstić information content (AvgIpc) is 2.62. The molecule has 0 bridgehead atoms. The third-order valence-electron chi connectivity index (χ3n) is 4.26. The second-order valence-electron chi connectivity index (χ2n) is 6.22. The van der Waals surface area contributed by atoms with Gasteiger partial charge in [-0.15, -0.1) is 0 Å². The average molecular weight is 363 g/mol. The fraction of sp³-hybridized carbons (Fsp3) is 0.556. The molecule has 130 valence electrons. The number of hydrogen-bond acceptors (Lipinski definition) is 6. The fourth-order valence-corrected chi connectivity index (χ4v) is 4.73. The first-order valence-corrected chi connectivity index (χ1v) is 10.6. The van der Waals surface area contributed by atoms with Gasteiger partial charge < -0.3 is 10.6 Å². The standard InChI is InChI=1S/C18H26N4S2/c1-13-9-16(12-24-18-21-7-4-8-22-18)14(2)10-15(13)11-23-17-19-5-3-6-20-17/h9-10H,3-8,11-12H2,1-2H3,(H,19,20)(H,21,22). The van der Waals surface area contributed by atoms with Gasteiger partial charge in [0.1, 0.15) is 0 Å². The maximum Gasteiger partial charge on any atom is 0.156 e. The van der Waals surface area contributed by atoms with E-state index in [0.29, 0.717) is 0 Å². The summed E-state index contributed by atoms with van der Waals surface area (Å²) >= 11 is 3.64. The zero-order valence-corrected chi connectivity index (χ0v) is 16.2. The summed E-state index contributed by atoms with van der Waals surface area (Å²) in [7, 11) is 0. The van der Waals surface area contributed by atoms with Gasteiger partial charge in [0.15, 0.2) is 10.3 Å². The third kappa shape index (κ3) is 4.93. The Hall–Kier alpha value is -1.14. The molecule has 0 aliphatic carbocycles. The van der Waals surface area contributed by atoms with Gasteiger partial charge in [-0.25, -0.2) is 0 Å². The fourth-order valence-electron chi connectivity index (χ4n) is 2.75. The number of amidine groups is 2. The van der Waals surface area contributed by atoms with E-state index in [-0.39, 0.29) is 0 Å². The lowest BCUT2D eigenvalue weighted by Gasteiger charge is -2.17. The molecule has 0 radical (unpaired) electrons. The SMILES string of the molecule is Cc1cc(CSC2=NCCCN2)c(C)cc1CSC1=NCCCN1. The van der Waals surface area contributed by atoms with E-state index >= 15 is 0 Å². The first kappa shape index (κ1) is 17.7. The van der Waals surface area contributed by atoms with Gasteiger partial charge in [-0.05, 0) is 48.9 Å². The van der Waals surface area contributed by atoms with E-state index in [9.17, 15) is 0 Å². The summed E-state index contributed by atoms with van der Waals surface area (Å²) in [6.07, 6.45) is 2.30. The zero-order valence-electron chi connectivity index (χ0n) is 14.5. The summed E-state index contributed by atoms with van der Waals surface area (Å²) in [6, 6.07) is 4.69.